The number of anilines is 2. The number of amidine groups is 1. The summed E-state index contributed by atoms with van der Waals surface area (Å²) in [7, 11) is -11.6. The quantitative estimate of drug-likeness (QED) is 0.0925. The standard InChI is InChI=1S/C19H21FN4O3S.C14H13ClFNO3S.C14H14ClNO3S.C14H14ClNOS.C9H5BrClN.C6H10N2.C5H10OS/c1-12-13(2)23-24-18(12)22-17-5-8-21-16-4-3-14(11-15(16)17)28(25,26)19(20)6-9-27-10-7-19;15-12-3-6-17-13-2-1-10(9-11(12)13)21(18,19)14(16)4-7-20-8-5-14;15-13-3-6-16-14-2-1-11(9-12(13)14)20(17,18)10-4-7-19-8-5-10;15-13-3-6-16-14-2-1-11(9-12(13)14)18-10-4-7-17-8-5-10;10-6-1-2-9-7(5-6)8(11)3-4-12-9;1-4-3-8-6(7)5(4)2;7-5-1-3-6-4-2-5/h3-5,8,11H,6-7,9-10H2,1-2H3,(H2,21,22,23,24);1-3,6,9H,4-5,7-8H2;1-3,6,9-10H,4-5,7-8H2;1-3,6,9-10H,4-5,7-8H2;1-5H;3H2,1-2H3,(H2,7,8);5,7H,1-4H2. The van der Waals surface area contributed by atoms with E-state index in [4.69, 9.17) is 75.8 Å². The summed E-state index contributed by atoms with van der Waals surface area (Å²) in [5.74, 6) is 1.35. The number of benzene rings is 5. The van der Waals surface area contributed by atoms with Crippen molar-refractivity contribution in [3.63, 3.8) is 0 Å². The molecule has 606 valence electrons. The molecule has 17 rings (SSSR count). The lowest BCUT2D eigenvalue weighted by molar-refractivity contribution is 0.0322. The van der Waals surface area contributed by atoms with Crippen LogP contribution in [0, 0.1) is 13.8 Å². The van der Waals surface area contributed by atoms with Crippen LogP contribution in [0.2, 0.25) is 20.1 Å². The van der Waals surface area contributed by atoms with Gasteiger partial charge in [0, 0.05) is 154 Å². The number of sulfone groups is 3. The molecule has 6 aliphatic rings. The van der Waals surface area contributed by atoms with Crippen molar-refractivity contribution in [3.05, 3.63) is 199 Å². The van der Waals surface area contributed by atoms with Gasteiger partial charge < -0.3 is 34.7 Å². The molecule has 6 aliphatic heterocycles. The molecular weight excluding hydrogens is 1710 g/mol. The molecule has 12 heterocycles. The molecule has 0 unspecified atom stereocenters. The number of thioether (sulfide) groups is 1. The molecule has 21 nitrogen and oxygen atoms in total. The van der Waals surface area contributed by atoms with E-state index in [1.165, 1.54) is 47.0 Å². The lowest BCUT2D eigenvalue weighted by Gasteiger charge is -2.29. The Hall–Kier alpha value is -6.78. The lowest BCUT2D eigenvalue weighted by Crippen LogP contribution is -2.39. The molecule has 33 heteroatoms. The normalized spacial score (nSPS) is 17.4. The molecule has 0 aliphatic carbocycles. The number of aliphatic imine (C=N–C) groups is 1. The number of hydrogen-bond donors (Lipinski definition) is 4. The maximum Gasteiger partial charge on any atom is 0.219 e. The lowest BCUT2D eigenvalue weighted by atomic mass is 10.2. The topological polar surface area (TPSA) is 292 Å². The van der Waals surface area contributed by atoms with Crippen LogP contribution < -0.4 is 11.1 Å². The maximum atomic E-state index is 15.2. The molecule has 11 aromatic rings. The minimum Gasteiger partial charge on any atom is -0.384 e. The van der Waals surface area contributed by atoms with E-state index in [0.717, 1.165) is 112 Å². The number of alkyl halides is 2. The van der Waals surface area contributed by atoms with Gasteiger partial charge in [0.1, 0.15) is 5.84 Å². The number of rotatable bonds is 10. The highest BCUT2D eigenvalue weighted by Gasteiger charge is 2.48. The van der Waals surface area contributed by atoms with Gasteiger partial charge in [0.05, 0.1) is 106 Å². The van der Waals surface area contributed by atoms with E-state index in [0.29, 0.717) is 102 Å². The van der Waals surface area contributed by atoms with Gasteiger partial charge in [0.25, 0.3) is 0 Å². The van der Waals surface area contributed by atoms with Gasteiger partial charge in [-0.15, -0.1) is 11.8 Å². The third-order valence-electron chi connectivity index (χ3n) is 20.0. The van der Waals surface area contributed by atoms with E-state index in [1.54, 1.807) is 73.3 Å². The Morgan fingerprint density at radius 3 is 1.33 bits per heavy atom. The SMILES string of the molecule is CC1=C(C)C(N)=NC1.Cc1[nH]nc(Nc2ccnc3ccc(S(=O)(=O)C4(F)CCOCC4)cc23)c1C.Clc1ccnc2ccc(Br)cc12.Clc1ccnc2ccc(SC3CCOCC3)cc12.O=S(=O)(c1ccc2nccc(Cl)c2c1)C1(F)CCOCC1.O=S(=O)(c1ccc2nccc(Cl)c2c1)C1CCOCC1.SC1CCOCC1. The number of aromatic amines is 1. The average Bonchev–Trinajstić information content (AvgIpc) is 0.968. The molecule has 0 bridgehead atoms. The summed E-state index contributed by atoms with van der Waals surface area (Å²) in [6.07, 6.45) is 13.2. The first-order valence-corrected chi connectivity index (χ1v) is 45.1. The molecule has 0 radical (unpaired) electrons. The minimum absolute atomic E-state index is 0.0598. The Morgan fingerprint density at radius 1 is 0.509 bits per heavy atom. The van der Waals surface area contributed by atoms with Crippen molar-refractivity contribution < 1.29 is 57.7 Å². The molecular formula is C81H87BrCl4F2N10O11S5. The summed E-state index contributed by atoms with van der Waals surface area (Å²) in [6, 6.07) is 34.5. The van der Waals surface area contributed by atoms with E-state index in [1.807, 2.05) is 62.9 Å². The number of H-pyrrole nitrogens is 1. The maximum absolute atomic E-state index is 15.2. The van der Waals surface area contributed by atoms with E-state index in [2.05, 4.69) is 93.0 Å². The summed E-state index contributed by atoms with van der Waals surface area (Å²) >= 11 is 33.9. The van der Waals surface area contributed by atoms with Crippen molar-refractivity contribution >= 4 is 188 Å². The fraction of sp³-hybridized carbons (Fsp3) is 0.370. The summed E-state index contributed by atoms with van der Waals surface area (Å²) < 4.78 is 133. The van der Waals surface area contributed by atoms with Crippen molar-refractivity contribution in [3.8, 4) is 0 Å². The summed E-state index contributed by atoms with van der Waals surface area (Å²) in [4.78, 5) is 26.5. The van der Waals surface area contributed by atoms with Gasteiger partial charge in [-0.1, -0.05) is 62.3 Å². The number of nitrogens with zero attached hydrogens (tertiary/aromatic N) is 7. The first-order chi connectivity index (χ1) is 54.5. The largest absolute Gasteiger partial charge is 0.384 e. The number of pyridine rings is 5. The van der Waals surface area contributed by atoms with E-state index in [-0.39, 0.29) is 67.2 Å². The zero-order chi connectivity index (χ0) is 81.4. The predicted octanol–water partition coefficient (Wildman–Crippen LogP) is 19.1. The second-order valence-corrected chi connectivity index (χ2v) is 38.9. The first-order valence-electron chi connectivity index (χ1n) is 36.9. The molecule has 5 aromatic carbocycles. The number of aromatic nitrogens is 7. The number of hydrogen-bond acceptors (Lipinski definition) is 22. The smallest absolute Gasteiger partial charge is 0.219 e. The Bertz CT molecular complexity index is 5640. The number of thiol groups is 1. The molecule has 0 atom stereocenters. The summed E-state index contributed by atoms with van der Waals surface area (Å²) in [5.41, 5.74) is 14.2. The molecule has 114 heavy (non-hydrogen) atoms. The molecule has 5 saturated heterocycles. The number of nitrogens with two attached hydrogens (primary N) is 1. The number of fused-ring (bicyclic) bond motifs is 5. The fourth-order valence-corrected chi connectivity index (χ4v) is 20.3. The molecule has 6 aromatic heterocycles. The third-order valence-corrected chi connectivity index (χ3v) is 30.4. The Kier molecular flexibility index (Phi) is 31.0. The second-order valence-electron chi connectivity index (χ2n) is 27.6. The van der Waals surface area contributed by atoms with Crippen LogP contribution in [-0.2, 0) is 53.2 Å². The number of nitrogens with one attached hydrogen (secondary N) is 2. The fourth-order valence-electron chi connectivity index (χ4n) is 12.7. The van der Waals surface area contributed by atoms with Crippen molar-refractivity contribution in [2.75, 3.05) is 77.9 Å². The molecule has 5 fully saturated rings. The molecule has 0 saturated carbocycles. The Labute approximate surface area is 700 Å². The average molecular weight is 1800 g/mol. The van der Waals surface area contributed by atoms with Gasteiger partial charge in [0.15, 0.2) is 15.7 Å². The monoisotopic (exact) mass is 1790 g/mol. The number of ether oxygens (including phenoxy) is 5. The van der Waals surface area contributed by atoms with Gasteiger partial charge in [-0.05, 0) is 199 Å². The Balaban J connectivity index is 0.000000136. The van der Waals surface area contributed by atoms with Gasteiger partial charge in [0.2, 0.25) is 29.7 Å². The van der Waals surface area contributed by atoms with Crippen LogP contribution >= 0.6 is 86.7 Å². The highest BCUT2D eigenvalue weighted by atomic mass is 79.9. The zero-order valence-electron chi connectivity index (χ0n) is 62.9. The minimum atomic E-state index is -4.17. The first kappa shape index (κ1) is 88.0. The van der Waals surface area contributed by atoms with Crippen molar-refractivity contribution in [1.29, 1.82) is 0 Å². The van der Waals surface area contributed by atoms with Crippen LogP contribution in [0.1, 0.15) is 89.3 Å². The van der Waals surface area contributed by atoms with Crippen molar-refractivity contribution in [2.45, 2.75) is 137 Å². The predicted molar refractivity (Wildman–Crippen MR) is 458 cm³/mol. The van der Waals surface area contributed by atoms with Gasteiger partial charge >= 0.3 is 0 Å². The van der Waals surface area contributed by atoms with E-state index >= 15 is 4.39 Å². The highest BCUT2D eigenvalue weighted by molar-refractivity contribution is 9.10. The van der Waals surface area contributed by atoms with Crippen molar-refractivity contribution in [1.82, 2.24) is 35.1 Å². The van der Waals surface area contributed by atoms with Crippen LogP contribution in [0.3, 0.4) is 0 Å². The number of halogens is 7. The van der Waals surface area contributed by atoms with Crippen LogP contribution in [0.4, 0.5) is 20.3 Å². The van der Waals surface area contributed by atoms with Gasteiger partial charge in [-0.25, -0.2) is 34.0 Å². The summed E-state index contributed by atoms with van der Waals surface area (Å²) in [5, 5.41) is 12.8. The highest BCUT2D eigenvalue weighted by Crippen LogP contribution is 2.41. The summed E-state index contributed by atoms with van der Waals surface area (Å²) in [6.45, 7) is 13.7. The Morgan fingerprint density at radius 2 is 0.904 bits per heavy atom. The second kappa shape index (κ2) is 40.1. The van der Waals surface area contributed by atoms with Crippen LogP contribution in [0.25, 0.3) is 54.5 Å². The van der Waals surface area contributed by atoms with Gasteiger partial charge in [-0.2, -0.15) is 17.7 Å². The van der Waals surface area contributed by atoms with E-state index < -0.39 is 39.5 Å². The van der Waals surface area contributed by atoms with Crippen LogP contribution in [0.15, 0.2) is 193 Å². The van der Waals surface area contributed by atoms with E-state index in [9.17, 15) is 29.6 Å². The number of aryl methyl sites for hydroxylation is 1. The van der Waals surface area contributed by atoms with Crippen LogP contribution in [0.5, 0.6) is 0 Å². The molecule has 0 amide bonds. The zero-order valence-corrected chi connectivity index (χ0v) is 71.7. The van der Waals surface area contributed by atoms with Gasteiger partial charge in [-0.3, -0.25) is 35.0 Å². The van der Waals surface area contributed by atoms with Crippen molar-refractivity contribution in [2.24, 2.45) is 10.7 Å². The van der Waals surface area contributed by atoms with Crippen LogP contribution in [-0.4, -0.2) is 165 Å². The third kappa shape index (κ3) is 21.9. The molecule has 0 spiro atoms. The molecule has 4 N–H and O–H groups in total.